The van der Waals surface area contributed by atoms with Crippen LogP contribution in [0.1, 0.15) is 48.9 Å². The van der Waals surface area contributed by atoms with E-state index in [2.05, 4.69) is 10.6 Å². The molecule has 1 aromatic rings. The molecule has 0 heterocycles. The molecule has 0 unspecified atom stereocenters. The molecule has 0 atom stereocenters. The van der Waals surface area contributed by atoms with Gasteiger partial charge in [-0.25, -0.2) is 12.7 Å². The maximum absolute atomic E-state index is 12.5. The van der Waals surface area contributed by atoms with Crippen LogP contribution in [0.3, 0.4) is 0 Å². The summed E-state index contributed by atoms with van der Waals surface area (Å²) < 4.78 is 31.2. The lowest BCUT2D eigenvalue weighted by Gasteiger charge is -2.17. The van der Waals surface area contributed by atoms with Gasteiger partial charge in [-0.3, -0.25) is 4.79 Å². The zero-order chi connectivity index (χ0) is 19.9. The van der Waals surface area contributed by atoms with Crippen LogP contribution in [-0.2, 0) is 10.0 Å². The van der Waals surface area contributed by atoms with Gasteiger partial charge in [-0.05, 0) is 31.0 Å². The van der Waals surface area contributed by atoms with Gasteiger partial charge in [0.05, 0.1) is 7.11 Å². The predicted molar refractivity (Wildman–Crippen MR) is 106 cm³/mol. The van der Waals surface area contributed by atoms with E-state index in [0.29, 0.717) is 24.7 Å². The highest BCUT2D eigenvalue weighted by Gasteiger charge is 2.23. The molecular weight excluding hydrogens is 366 g/mol. The minimum atomic E-state index is -3.70. The van der Waals surface area contributed by atoms with Crippen LogP contribution in [0, 0.1) is 0 Å². The van der Waals surface area contributed by atoms with Crippen molar-refractivity contribution in [2.24, 2.45) is 0 Å². The second-order valence-electron chi connectivity index (χ2n) is 7.05. The van der Waals surface area contributed by atoms with E-state index in [0.717, 1.165) is 4.31 Å². The number of amides is 1. The standard InChI is InChI=1S/C19H31N3O4S/c1-22(2)27(24,25)18-14-15(10-11-17(18)26-3)19(23)21-13-12-20-16-8-6-4-5-7-9-16/h10-11,14,16,20H,4-9,12-13H2,1-3H3,(H,21,23). The zero-order valence-corrected chi connectivity index (χ0v) is 17.3. The van der Waals surface area contributed by atoms with E-state index in [1.807, 2.05) is 0 Å². The second kappa shape index (κ2) is 10.1. The van der Waals surface area contributed by atoms with E-state index in [4.69, 9.17) is 4.74 Å². The summed E-state index contributed by atoms with van der Waals surface area (Å²) in [7, 11) is 0.593. The Morgan fingerprint density at radius 1 is 1.15 bits per heavy atom. The summed E-state index contributed by atoms with van der Waals surface area (Å²) in [5.74, 6) is -0.0780. The average Bonchev–Trinajstić information content (AvgIpc) is 2.93. The van der Waals surface area contributed by atoms with Crippen molar-refractivity contribution in [3.63, 3.8) is 0 Å². The Labute approximate surface area is 162 Å². The molecule has 1 aromatic carbocycles. The Hall–Kier alpha value is -1.64. The molecule has 7 nitrogen and oxygen atoms in total. The van der Waals surface area contributed by atoms with Crippen molar-refractivity contribution in [1.82, 2.24) is 14.9 Å². The number of nitrogens with one attached hydrogen (secondary N) is 2. The van der Waals surface area contributed by atoms with Gasteiger partial charge in [-0.1, -0.05) is 25.7 Å². The SMILES string of the molecule is COc1ccc(C(=O)NCCNC2CCCCCC2)cc1S(=O)(=O)N(C)C. The Morgan fingerprint density at radius 3 is 2.41 bits per heavy atom. The highest BCUT2D eigenvalue weighted by molar-refractivity contribution is 7.89. The summed E-state index contributed by atoms with van der Waals surface area (Å²) in [5.41, 5.74) is 0.297. The molecule has 0 radical (unpaired) electrons. The number of hydrogen-bond acceptors (Lipinski definition) is 5. The van der Waals surface area contributed by atoms with Gasteiger partial charge in [0.2, 0.25) is 10.0 Å². The first-order valence-electron chi connectivity index (χ1n) is 9.48. The maximum Gasteiger partial charge on any atom is 0.251 e. The van der Waals surface area contributed by atoms with Crippen LogP contribution < -0.4 is 15.4 Å². The summed E-state index contributed by atoms with van der Waals surface area (Å²) in [6, 6.07) is 4.97. The number of sulfonamides is 1. The fraction of sp³-hybridized carbons (Fsp3) is 0.632. The van der Waals surface area contributed by atoms with Crippen LogP contribution in [0.5, 0.6) is 5.75 Å². The number of benzene rings is 1. The molecule has 8 heteroatoms. The smallest absolute Gasteiger partial charge is 0.251 e. The summed E-state index contributed by atoms with van der Waals surface area (Å²) >= 11 is 0. The molecule has 0 bridgehead atoms. The normalized spacial score (nSPS) is 16.1. The number of carbonyl (C=O) groups excluding carboxylic acids is 1. The van der Waals surface area contributed by atoms with Gasteiger partial charge < -0.3 is 15.4 Å². The first-order valence-corrected chi connectivity index (χ1v) is 10.9. The Kier molecular flexibility index (Phi) is 8.07. The molecule has 1 saturated carbocycles. The lowest BCUT2D eigenvalue weighted by molar-refractivity contribution is 0.0953. The van der Waals surface area contributed by atoms with Gasteiger partial charge in [0.1, 0.15) is 10.6 Å². The highest BCUT2D eigenvalue weighted by Crippen LogP contribution is 2.26. The van der Waals surface area contributed by atoms with Crippen LogP contribution >= 0.6 is 0 Å². The molecule has 1 aliphatic carbocycles. The monoisotopic (exact) mass is 397 g/mol. The quantitative estimate of drug-likeness (QED) is 0.517. The third-order valence-electron chi connectivity index (χ3n) is 4.88. The van der Waals surface area contributed by atoms with Crippen molar-refractivity contribution in [1.29, 1.82) is 0 Å². The number of carbonyl (C=O) groups is 1. The van der Waals surface area contributed by atoms with Crippen LogP contribution in [0.2, 0.25) is 0 Å². The Balaban J connectivity index is 1.96. The predicted octanol–water partition coefficient (Wildman–Crippen LogP) is 1.99. The van der Waals surface area contributed by atoms with Crippen molar-refractivity contribution >= 4 is 15.9 Å². The van der Waals surface area contributed by atoms with Gasteiger partial charge in [-0.2, -0.15) is 0 Å². The van der Waals surface area contributed by atoms with Gasteiger partial charge in [0, 0.05) is 38.8 Å². The third kappa shape index (κ3) is 5.92. The number of methoxy groups -OCH3 is 1. The van der Waals surface area contributed by atoms with E-state index in [1.165, 1.54) is 71.9 Å². The molecule has 2 N–H and O–H groups in total. The summed E-state index contributed by atoms with van der Waals surface area (Å²) in [6.07, 6.45) is 7.53. The molecule has 152 valence electrons. The van der Waals surface area contributed by atoms with E-state index < -0.39 is 10.0 Å². The lowest BCUT2D eigenvalue weighted by atomic mass is 10.1. The number of ether oxygens (including phenoxy) is 1. The fourth-order valence-corrected chi connectivity index (χ4v) is 4.33. The van der Waals surface area contributed by atoms with Crippen LogP contribution in [0.4, 0.5) is 0 Å². The molecule has 1 amide bonds. The number of nitrogens with zero attached hydrogens (tertiary/aromatic N) is 1. The molecule has 0 aromatic heterocycles. The Bertz CT molecular complexity index is 726. The first kappa shape index (κ1) is 21.7. The third-order valence-corrected chi connectivity index (χ3v) is 6.72. The Morgan fingerprint density at radius 2 is 1.81 bits per heavy atom. The van der Waals surface area contributed by atoms with Crippen LogP contribution in [0.25, 0.3) is 0 Å². The molecule has 0 saturated heterocycles. The maximum atomic E-state index is 12.5. The fourth-order valence-electron chi connectivity index (χ4n) is 3.25. The molecule has 0 spiro atoms. The van der Waals surface area contributed by atoms with Crippen molar-refractivity contribution in [2.45, 2.75) is 49.5 Å². The van der Waals surface area contributed by atoms with Gasteiger partial charge in [-0.15, -0.1) is 0 Å². The largest absolute Gasteiger partial charge is 0.495 e. The number of hydrogen-bond donors (Lipinski definition) is 2. The summed E-state index contributed by atoms with van der Waals surface area (Å²) in [4.78, 5) is 12.4. The van der Waals surface area contributed by atoms with E-state index >= 15 is 0 Å². The zero-order valence-electron chi connectivity index (χ0n) is 16.5. The molecule has 27 heavy (non-hydrogen) atoms. The van der Waals surface area contributed by atoms with E-state index in [-0.39, 0.29) is 16.6 Å². The topological polar surface area (TPSA) is 87.7 Å². The molecular formula is C19H31N3O4S. The average molecular weight is 398 g/mol. The molecule has 1 fully saturated rings. The first-order chi connectivity index (χ1) is 12.9. The molecule has 0 aliphatic heterocycles. The van der Waals surface area contributed by atoms with Gasteiger partial charge in [0.25, 0.3) is 5.91 Å². The van der Waals surface area contributed by atoms with Gasteiger partial charge >= 0.3 is 0 Å². The highest BCUT2D eigenvalue weighted by atomic mass is 32.2. The van der Waals surface area contributed by atoms with Gasteiger partial charge in [0.15, 0.2) is 0 Å². The molecule has 1 aliphatic rings. The van der Waals surface area contributed by atoms with E-state index in [9.17, 15) is 13.2 Å². The van der Waals surface area contributed by atoms with Crippen LogP contribution in [0.15, 0.2) is 23.1 Å². The van der Waals surface area contributed by atoms with Crippen molar-refractivity contribution in [3.05, 3.63) is 23.8 Å². The second-order valence-corrected chi connectivity index (χ2v) is 9.17. The molecule has 2 rings (SSSR count). The summed E-state index contributed by atoms with van der Waals surface area (Å²) in [5, 5.41) is 6.35. The van der Waals surface area contributed by atoms with E-state index in [1.54, 1.807) is 6.07 Å². The van der Waals surface area contributed by atoms with Crippen molar-refractivity contribution < 1.29 is 17.9 Å². The van der Waals surface area contributed by atoms with Crippen molar-refractivity contribution in [2.75, 3.05) is 34.3 Å². The minimum absolute atomic E-state index is 0.0146. The lowest BCUT2D eigenvalue weighted by Crippen LogP contribution is -2.37. The minimum Gasteiger partial charge on any atom is -0.495 e. The van der Waals surface area contributed by atoms with Crippen LogP contribution in [-0.4, -0.2) is 59.0 Å². The number of rotatable bonds is 8. The summed E-state index contributed by atoms with van der Waals surface area (Å²) in [6.45, 7) is 1.20. The van der Waals surface area contributed by atoms with Crippen molar-refractivity contribution in [3.8, 4) is 5.75 Å².